The summed E-state index contributed by atoms with van der Waals surface area (Å²) in [5, 5.41) is 8.76. The number of aromatic nitrogens is 2. The van der Waals surface area contributed by atoms with Crippen LogP contribution >= 0.6 is 11.8 Å². The number of aryl methyl sites for hydroxylation is 2. The van der Waals surface area contributed by atoms with Crippen LogP contribution in [0.25, 0.3) is 5.69 Å². The fourth-order valence-electron chi connectivity index (χ4n) is 4.74. The molecule has 0 bridgehead atoms. The molecule has 2 heterocycles. The Morgan fingerprint density at radius 1 is 0.974 bits per heavy atom. The van der Waals surface area contributed by atoms with Crippen LogP contribution < -0.4 is 10.2 Å². The van der Waals surface area contributed by atoms with E-state index >= 15 is 0 Å². The molecule has 1 atom stereocenters. The van der Waals surface area contributed by atoms with Gasteiger partial charge < -0.3 is 5.32 Å². The summed E-state index contributed by atoms with van der Waals surface area (Å²) in [5.74, 6) is 0.230. The first-order valence-electron chi connectivity index (χ1n) is 12.9. The molecule has 5 rings (SSSR count). The Morgan fingerprint density at radius 3 is 2.32 bits per heavy atom. The van der Waals surface area contributed by atoms with Crippen LogP contribution in [0.2, 0.25) is 0 Å². The van der Waals surface area contributed by atoms with Gasteiger partial charge in [-0.1, -0.05) is 85.8 Å². The van der Waals surface area contributed by atoms with Crippen LogP contribution in [-0.2, 0) is 16.1 Å². The monoisotopic (exact) mass is 524 g/mol. The van der Waals surface area contributed by atoms with Gasteiger partial charge in [0, 0.05) is 17.8 Å². The number of carbonyl (C=O) groups excluding carboxylic acids is 2. The molecule has 1 aliphatic rings. The smallest absolute Gasteiger partial charge is 0.248 e. The first-order chi connectivity index (χ1) is 18.3. The lowest BCUT2D eigenvalue weighted by Crippen LogP contribution is -2.44. The Kier molecular flexibility index (Phi) is 7.38. The Balaban J connectivity index is 1.59. The van der Waals surface area contributed by atoms with E-state index in [9.17, 15) is 9.59 Å². The summed E-state index contributed by atoms with van der Waals surface area (Å²) in [4.78, 5) is 29.3. The summed E-state index contributed by atoms with van der Waals surface area (Å²) < 4.78 is 1.86. The first kappa shape index (κ1) is 25.8. The molecule has 7 heteroatoms. The summed E-state index contributed by atoms with van der Waals surface area (Å²) in [6, 6.07) is 25.0. The highest BCUT2D eigenvalue weighted by atomic mass is 32.2. The van der Waals surface area contributed by atoms with Crippen LogP contribution in [0.5, 0.6) is 0 Å². The highest BCUT2D eigenvalue weighted by Crippen LogP contribution is 2.41. The molecule has 2 amide bonds. The van der Waals surface area contributed by atoms with Gasteiger partial charge in [-0.3, -0.25) is 14.5 Å². The van der Waals surface area contributed by atoms with Crippen LogP contribution in [0.1, 0.15) is 53.8 Å². The zero-order valence-corrected chi connectivity index (χ0v) is 23.0. The van der Waals surface area contributed by atoms with E-state index in [1.165, 1.54) is 17.3 Å². The number of anilines is 1. The van der Waals surface area contributed by atoms with E-state index in [2.05, 4.69) is 19.2 Å². The number of rotatable bonds is 6. The fourth-order valence-corrected chi connectivity index (χ4v) is 5.82. The van der Waals surface area contributed by atoms with Gasteiger partial charge in [-0.25, -0.2) is 4.68 Å². The standard InChI is InChI=1S/C31H32N4O2S/c1-20(2)24-14-16-25(17-15-24)34-27(36)19-38-31-28(22(4)33-35(31)26-8-6-5-7-9-26)29(34)30(37)32-18-23-12-10-21(3)11-13-23/h5-17,20,29H,18-19H2,1-4H3,(H,32,37)/t29-/m1/s1. The van der Waals surface area contributed by atoms with Gasteiger partial charge in [-0.05, 0) is 55.2 Å². The second-order valence-electron chi connectivity index (χ2n) is 9.96. The molecule has 3 aromatic carbocycles. The van der Waals surface area contributed by atoms with Crippen LogP contribution in [0.4, 0.5) is 5.69 Å². The average Bonchev–Trinajstić information content (AvgIpc) is 3.16. The molecule has 0 unspecified atom stereocenters. The van der Waals surface area contributed by atoms with Crippen molar-refractivity contribution in [1.82, 2.24) is 15.1 Å². The highest BCUT2D eigenvalue weighted by Gasteiger charge is 2.40. The molecule has 1 aliphatic heterocycles. The largest absolute Gasteiger partial charge is 0.350 e. The maximum atomic E-state index is 14.0. The molecule has 6 nitrogen and oxygen atoms in total. The molecule has 0 saturated heterocycles. The molecular weight excluding hydrogens is 492 g/mol. The second kappa shape index (κ2) is 10.9. The van der Waals surface area contributed by atoms with E-state index in [0.29, 0.717) is 18.2 Å². The van der Waals surface area contributed by atoms with Crippen LogP contribution in [-0.4, -0.2) is 27.3 Å². The van der Waals surface area contributed by atoms with Crippen LogP contribution in [0, 0.1) is 13.8 Å². The van der Waals surface area contributed by atoms with Gasteiger partial charge in [-0.15, -0.1) is 0 Å². The minimum Gasteiger partial charge on any atom is -0.350 e. The molecule has 0 fully saturated rings. The molecule has 194 valence electrons. The minimum atomic E-state index is -0.847. The SMILES string of the molecule is Cc1ccc(CNC(=O)[C@H]2c3c(C)nn(-c4ccccc4)c3SCC(=O)N2c2ccc(C(C)C)cc2)cc1. The lowest BCUT2D eigenvalue weighted by Gasteiger charge is -2.30. The van der Waals surface area contributed by atoms with Gasteiger partial charge >= 0.3 is 0 Å². The number of benzene rings is 3. The van der Waals surface area contributed by atoms with Crippen molar-refractivity contribution >= 4 is 29.3 Å². The van der Waals surface area contributed by atoms with E-state index in [4.69, 9.17) is 5.10 Å². The Hall–Kier alpha value is -3.84. The predicted molar refractivity (Wildman–Crippen MR) is 153 cm³/mol. The van der Waals surface area contributed by atoms with Gasteiger partial charge in [-0.2, -0.15) is 5.10 Å². The van der Waals surface area contributed by atoms with Gasteiger partial charge in [0.05, 0.1) is 17.1 Å². The molecule has 1 aromatic heterocycles. The van der Waals surface area contributed by atoms with Crippen LogP contribution in [0.15, 0.2) is 83.9 Å². The topological polar surface area (TPSA) is 67.2 Å². The second-order valence-corrected chi connectivity index (χ2v) is 10.9. The third kappa shape index (κ3) is 5.11. The number of nitrogens with zero attached hydrogens (tertiary/aromatic N) is 3. The van der Waals surface area contributed by atoms with E-state index in [-0.39, 0.29) is 17.6 Å². The molecule has 1 N–H and O–H groups in total. The highest BCUT2D eigenvalue weighted by molar-refractivity contribution is 8.00. The van der Waals surface area contributed by atoms with Gasteiger partial charge in [0.1, 0.15) is 11.1 Å². The van der Waals surface area contributed by atoms with E-state index < -0.39 is 6.04 Å². The normalized spacial score (nSPS) is 15.3. The predicted octanol–water partition coefficient (Wildman–Crippen LogP) is 6.11. The summed E-state index contributed by atoms with van der Waals surface area (Å²) in [6.07, 6.45) is 0. The lowest BCUT2D eigenvalue weighted by atomic mass is 10.0. The van der Waals surface area contributed by atoms with Crippen molar-refractivity contribution in [3.05, 3.63) is 107 Å². The number of hydrogen-bond acceptors (Lipinski definition) is 4. The zero-order valence-electron chi connectivity index (χ0n) is 22.1. The van der Waals surface area contributed by atoms with Crippen molar-refractivity contribution in [3.8, 4) is 5.69 Å². The number of hydrogen-bond donors (Lipinski definition) is 1. The number of amides is 2. The summed E-state index contributed by atoms with van der Waals surface area (Å²) in [5.41, 5.74) is 6.43. The lowest BCUT2D eigenvalue weighted by molar-refractivity contribution is -0.126. The molecule has 0 saturated carbocycles. The van der Waals surface area contributed by atoms with E-state index in [1.54, 1.807) is 4.90 Å². The molecule has 0 spiro atoms. The van der Waals surface area contributed by atoms with Crippen molar-refractivity contribution in [2.24, 2.45) is 0 Å². The number of para-hydroxylation sites is 1. The van der Waals surface area contributed by atoms with Crippen molar-refractivity contribution in [2.45, 2.75) is 51.2 Å². The summed E-state index contributed by atoms with van der Waals surface area (Å²) in [7, 11) is 0. The van der Waals surface area contributed by atoms with Gasteiger partial charge in [0.25, 0.3) is 0 Å². The van der Waals surface area contributed by atoms with Crippen molar-refractivity contribution in [2.75, 3.05) is 10.7 Å². The maximum absolute atomic E-state index is 14.0. The third-order valence-electron chi connectivity index (χ3n) is 6.87. The fraction of sp³-hybridized carbons (Fsp3) is 0.258. The Morgan fingerprint density at radius 2 is 1.66 bits per heavy atom. The van der Waals surface area contributed by atoms with Gasteiger partial charge in [0.15, 0.2) is 0 Å². The Labute approximate surface area is 228 Å². The molecule has 4 aromatic rings. The van der Waals surface area contributed by atoms with Crippen molar-refractivity contribution in [1.29, 1.82) is 0 Å². The quantitative estimate of drug-likeness (QED) is 0.331. The van der Waals surface area contributed by atoms with E-state index in [0.717, 1.165) is 33.1 Å². The molecule has 0 aliphatic carbocycles. The molecule has 0 radical (unpaired) electrons. The summed E-state index contributed by atoms with van der Waals surface area (Å²) >= 11 is 1.43. The van der Waals surface area contributed by atoms with Crippen LogP contribution in [0.3, 0.4) is 0 Å². The number of fused-ring (bicyclic) bond motifs is 1. The van der Waals surface area contributed by atoms with Crippen molar-refractivity contribution in [3.63, 3.8) is 0 Å². The molecule has 38 heavy (non-hydrogen) atoms. The number of thioether (sulfide) groups is 1. The van der Waals surface area contributed by atoms with Gasteiger partial charge in [0.2, 0.25) is 11.8 Å². The maximum Gasteiger partial charge on any atom is 0.248 e. The third-order valence-corrected chi connectivity index (χ3v) is 7.93. The van der Waals surface area contributed by atoms with Crippen molar-refractivity contribution < 1.29 is 9.59 Å². The van der Waals surface area contributed by atoms with E-state index in [1.807, 2.05) is 97.4 Å². The number of carbonyl (C=O) groups is 2. The Bertz CT molecular complexity index is 1440. The zero-order chi connectivity index (χ0) is 26.8. The minimum absolute atomic E-state index is 0.113. The average molecular weight is 525 g/mol. The number of nitrogens with one attached hydrogen (secondary N) is 1. The first-order valence-corrected chi connectivity index (χ1v) is 13.8. The summed E-state index contributed by atoms with van der Waals surface area (Å²) in [6.45, 7) is 8.59. The molecular formula is C31H32N4O2S.